The monoisotopic (exact) mass is 378 g/mol. The Hall–Kier alpha value is -0.660. The van der Waals surface area contributed by atoms with E-state index in [-0.39, 0.29) is 4.90 Å². The number of aryl methyl sites for hydroxylation is 1. The highest BCUT2D eigenvalue weighted by Crippen LogP contribution is 2.26. The minimum absolute atomic E-state index is 0.184. The molecule has 0 amide bonds. The van der Waals surface area contributed by atoms with Crippen LogP contribution in [0, 0.1) is 6.92 Å². The molecular formula is C10H8Br2N2O2S. The quantitative estimate of drug-likeness (QED) is 0.805. The van der Waals surface area contributed by atoms with Crippen molar-refractivity contribution in [2.75, 3.05) is 0 Å². The van der Waals surface area contributed by atoms with Crippen molar-refractivity contribution in [3.63, 3.8) is 0 Å². The molecule has 0 saturated carbocycles. The summed E-state index contributed by atoms with van der Waals surface area (Å²) in [4.78, 5) is 0.184. The molecule has 17 heavy (non-hydrogen) atoms. The summed E-state index contributed by atoms with van der Waals surface area (Å²) in [5.74, 6) is 0. The molecule has 2 aromatic rings. The Bertz CT molecular complexity index is 665. The summed E-state index contributed by atoms with van der Waals surface area (Å²) >= 11 is 6.51. The van der Waals surface area contributed by atoms with Crippen LogP contribution in [0.5, 0.6) is 0 Å². The molecule has 0 spiro atoms. The summed E-state index contributed by atoms with van der Waals surface area (Å²) in [5, 5.41) is 3.92. The molecule has 7 heteroatoms. The predicted octanol–water partition coefficient (Wildman–Crippen LogP) is 2.95. The normalized spacial score (nSPS) is 11.7. The molecule has 0 unspecified atom stereocenters. The van der Waals surface area contributed by atoms with Gasteiger partial charge in [0.25, 0.3) is 10.0 Å². The van der Waals surface area contributed by atoms with Crippen molar-refractivity contribution >= 4 is 41.9 Å². The standard InChI is InChI=1S/C10H8Br2N2O2S/c1-7-4-5-14(13-7)17(15,16)10-3-2-8(11)6-9(10)12/h2-6H,1H3. The van der Waals surface area contributed by atoms with Crippen LogP contribution >= 0.6 is 31.9 Å². The van der Waals surface area contributed by atoms with Crippen molar-refractivity contribution in [1.29, 1.82) is 0 Å². The Morgan fingerprint density at radius 3 is 2.47 bits per heavy atom. The molecule has 1 aromatic carbocycles. The van der Waals surface area contributed by atoms with Gasteiger partial charge >= 0.3 is 0 Å². The van der Waals surface area contributed by atoms with Gasteiger partial charge in [0.1, 0.15) is 4.90 Å². The SMILES string of the molecule is Cc1ccn(S(=O)(=O)c2ccc(Br)cc2Br)n1. The van der Waals surface area contributed by atoms with E-state index in [1.807, 2.05) is 0 Å². The number of hydrogen-bond acceptors (Lipinski definition) is 3. The molecule has 0 radical (unpaired) electrons. The fourth-order valence-electron chi connectivity index (χ4n) is 1.31. The lowest BCUT2D eigenvalue weighted by molar-refractivity contribution is 0.579. The van der Waals surface area contributed by atoms with Crippen LogP contribution in [0.25, 0.3) is 0 Å². The third kappa shape index (κ3) is 2.46. The molecule has 4 nitrogen and oxygen atoms in total. The van der Waals surface area contributed by atoms with Crippen LogP contribution in [0.2, 0.25) is 0 Å². The molecule has 0 atom stereocenters. The average Bonchev–Trinajstić information content (AvgIpc) is 2.64. The Labute approximate surface area is 116 Å². The molecule has 1 aromatic heterocycles. The average molecular weight is 380 g/mol. The van der Waals surface area contributed by atoms with Crippen LogP contribution in [-0.2, 0) is 10.0 Å². The van der Waals surface area contributed by atoms with Crippen LogP contribution < -0.4 is 0 Å². The number of hydrogen-bond donors (Lipinski definition) is 0. The number of aromatic nitrogens is 2. The minimum atomic E-state index is -3.63. The smallest absolute Gasteiger partial charge is 0.199 e. The molecule has 0 fully saturated rings. The maximum Gasteiger partial charge on any atom is 0.284 e. The minimum Gasteiger partial charge on any atom is -0.199 e. The van der Waals surface area contributed by atoms with E-state index in [1.54, 1.807) is 25.1 Å². The predicted molar refractivity (Wildman–Crippen MR) is 71.4 cm³/mol. The first-order chi connectivity index (χ1) is 7.91. The van der Waals surface area contributed by atoms with Gasteiger partial charge < -0.3 is 0 Å². The summed E-state index contributed by atoms with van der Waals surface area (Å²) in [6, 6.07) is 6.53. The maximum atomic E-state index is 12.2. The Kier molecular flexibility index (Phi) is 3.42. The zero-order chi connectivity index (χ0) is 12.6. The molecule has 2 rings (SSSR count). The van der Waals surface area contributed by atoms with Crippen molar-refractivity contribution in [3.8, 4) is 0 Å². The van der Waals surface area contributed by atoms with E-state index in [1.165, 1.54) is 12.3 Å². The highest BCUT2D eigenvalue weighted by Gasteiger charge is 2.20. The van der Waals surface area contributed by atoms with Gasteiger partial charge in [0.2, 0.25) is 0 Å². The summed E-state index contributed by atoms with van der Waals surface area (Å²) in [5.41, 5.74) is 0.654. The summed E-state index contributed by atoms with van der Waals surface area (Å²) < 4.78 is 26.7. The Morgan fingerprint density at radius 1 is 1.24 bits per heavy atom. The van der Waals surface area contributed by atoms with Crippen molar-refractivity contribution < 1.29 is 8.42 Å². The second-order valence-corrected chi connectivity index (χ2v) is 6.94. The number of nitrogens with zero attached hydrogens (tertiary/aromatic N) is 2. The van der Waals surface area contributed by atoms with E-state index >= 15 is 0 Å². The van der Waals surface area contributed by atoms with Gasteiger partial charge in [-0.2, -0.15) is 17.6 Å². The molecule has 90 valence electrons. The second kappa shape index (κ2) is 4.55. The van der Waals surface area contributed by atoms with Gasteiger partial charge in [-0.05, 0) is 47.1 Å². The van der Waals surface area contributed by atoms with E-state index in [0.717, 1.165) is 8.56 Å². The summed E-state index contributed by atoms with van der Waals surface area (Å²) in [6.07, 6.45) is 1.43. The molecule has 0 saturated heterocycles. The first-order valence-corrected chi connectivity index (χ1v) is 7.67. The largest absolute Gasteiger partial charge is 0.284 e. The molecule has 0 aliphatic heterocycles. The molecule has 0 aliphatic rings. The van der Waals surface area contributed by atoms with Crippen LogP contribution in [0.15, 0.2) is 44.3 Å². The van der Waals surface area contributed by atoms with Crippen molar-refractivity contribution in [3.05, 3.63) is 45.1 Å². The van der Waals surface area contributed by atoms with Crippen LogP contribution in [0.1, 0.15) is 5.69 Å². The van der Waals surface area contributed by atoms with E-state index < -0.39 is 10.0 Å². The lowest BCUT2D eigenvalue weighted by Crippen LogP contribution is -2.14. The molecule has 0 N–H and O–H groups in total. The highest BCUT2D eigenvalue weighted by molar-refractivity contribution is 9.11. The first kappa shape index (κ1) is 12.8. The summed E-state index contributed by atoms with van der Waals surface area (Å²) in [6.45, 7) is 1.74. The van der Waals surface area contributed by atoms with E-state index in [4.69, 9.17) is 0 Å². The molecule has 0 aliphatic carbocycles. The van der Waals surface area contributed by atoms with Gasteiger partial charge in [-0.3, -0.25) is 0 Å². The van der Waals surface area contributed by atoms with Crippen molar-refractivity contribution in [2.24, 2.45) is 0 Å². The Morgan fingerprint density at radius 2 is 1.94 bits per heavy atom. The van der Waals surface area contributed by atoms with Gasteiger partial charge in [0.05, 0.1) is 5.69 Å². The lowest BCUT2D eigenvalue weighted by Gasteiger charge is -2.06. The number of halogens is 2. The molecular weight excluding hydrogens is 372 g/mol. The van der Waals surface area contributed by atoms with E-state index in [2.05, 4.69) is 37.0 Å². The third-order valence-corrected chi connectivity index (χ3v) is 5.14. The fraction of sp³-hybridized carbons (Fsp3) is 0.100. The van der Waals surface area contributed by atoms with Crippen molar-refractivity contribution in [2.45, 2.75) is 11.8 Å². The Balaban J connectivity index is 2.60. The van der Waals surface area contributed by atoms with Gasteiger partial charge in [-0.15, -0.1) is 0 Å². The van der Waals surface area contributed by atoms with Gasteiger partial charge in [-0.25, -0.2) is 0 Å². The molecule has 1 heterocycles. The first-order valence-electron chi connectivity index (χ1n) is 4.64. The van der Waals surface area contributed by atoms with Gasteiger partial charge in [0.15, 0.2) is 0 Å². The lowest BCUT2D eigenvalue weighted by atomic mass is 10.4. The van der Waals surface area contributed by atoms with Crippen LogP contribution in [0.3, 0.4) is 0 Å². The highest BCUT2D eigenvalue weighted by atomic mass is 79.9. The number of benzene rings is 1. The maximum absolute atomic E-state index is 12.2. The van der Waals surface area contributed by atoms with E-state index in [0.29, 0.717) is 10.2 Å². The third-order valence-electron chi connectivity index (χ3n) is 2.12. The summed E-state index contributed by atoms with van der Waals surface area (Å²) in [7, 11) is -3.63. The topological polar surface area (TPSA) is 52.0 Å². The van der Waals surface area contributed by atoms with Crippen molar-refractivity contribution in [1.82, 2.24) is 9.19 Å². The van der Waals surface area contributed by atoms with E-state index in [9.17, 15) is 8.42 Å². The fourth-order valence-corrected chi connectivity index (χ4v) is 4.18. The zero-order valence-electron chi connectivity index (χ0n) is 8.76. The van der Waals surface area contributed by atoms with Gasteiger partial charge in [-0.1, -0.05) is 15.9 Å². The van der Waals surface area contributed by atoms with Crippen LogP contribution in [0.4, 0.5) is 0 Å². The zero-order valence-corrected chi connectivity index (χ0v) is 12.8. The van der Waals surface area contributed by atoms with Crippen LogP contribution in [-0.4, -0.2) is 17.6 Å². The van der Waals surface area contributed by atoms with Gasteiger partial charge in [0, 0.05) is 15.1 Å². The molecule has 0 bridgehead atoms. The number of rotatable bonds is 2. The second-order valence-electron chi connectivity index (χ2n) is 3.41.